The minimum absolute atomic E-state index is 0.0517. The zero-order valence-corrected chi connectivity index (χ0v) is 20.3. The number of para-hydroxylation sites is 1. The van der Waals surface area contributed by atoms with Crippen LogP contribution in [0.5, 0.6) is 11.5 Å². The molecular weight excluding hydrogens is 452 g/mol. The number of aromatic nitrogens is 1. The van der Waals surface area contributed by atoms with E-state index in [-0.39, 0.29) is 12.1 Å². The van der Waals surface area contributed by atoms with E-state index in [0.29, 0.717) is 34.2 Å². The smallest absolute Gasteiger partial charge is 0.290 e. The summed E-state index contributed by atoms with van der Waals surface area (Å²) in [4.78, 5) is 33.2. The predicted octanol–water partition coefficient (Wildman–Crippen LogP) is 4.95. The summed E-state index contributed by atoms with van der Waals surface area (Å²) >= 11 is 1.25. The second-order valence-electron chi connectivity index (χ2n) is 7.89. The van der Waals surface area contributed by atoms with E-state index >= 15 is 0 Å². The van der Waals surface area contributed by atoms with E-state index in [4.69, 9.17) is 9.47 Å². The summed E-state index contributed by atoms with van der Waals surface area (Å²) in [7, 11) is 1.56. The predicted molar refractivity (Wildman–Crippen MR) is 129 cm³/mol. The normalized spacial score (nSPS) is 15.7. The number of Topliss-reactive ketones (excluding diaryl/α,β-unsaturated/α-hetero) is 1. The first-order valence-corrected chi connectivity index (χ1v) is 11.7. The van der Waals surface area contributed by atoms with Gasteiger partial charge in [-0.25, -0.2) is 4.98 Å². The van der Waals surface area contributed by atoms with Gasteiger partial charge in [0.2, 0.25) is 5.78 Å². The summed E-state index contributed by atoms with van der Waals surface area (Å²) in [6.45, 7) is 6.15. The molecule has 2 heterocycles. The third-order valence-corrected chi connectivity index (χ3v) is 6.77. The first-order valence-electron chi connectivity index (χ1n) is 10.9. The molecule has 1 N–H and O–H groups in total. The Morgan fingerprint density at radius 3 is 2.47 bits per heavy atom. The highest BCUT2D eigenvalue weighted by atomic mass is 32.1. The molecule has 8 heteroatoms. The number of nitrogens with zero attached hydrogens (tertiary/aromatic N) is 2. The number of aryl methyl sites for hydroxylation is 2. The topological polar surface area (TPSA) is 89.0 Å². The van der Waals surface area contributed by atoms with Crippen molar-refractivity contribution in [2.45, 2.75) is 33.4 Å². The SMILES string of the molecule is CCOc1ccc(C2C(C(=O)c3sc(C)nc3C)=C(O)C(=O)N2Cc2ccccc2OC)cc1. The van der Waals surface area contributed by atoms with Crippen LogP contribution in [0.15, 0.2) is 59.9 Å². The lowest BCUT2D eigenvalue weighted by molar-refractivity contribution is -0.130. The molecule has 1 unspecified atom stereocenters. The highest BCUT2D eigenvalue weighted by molar-refractivity contribution is 7.14. The molecule has 0 aliphatic carbocycles. The summed E-state index contributed by atoms with van der Waals surface area (Å²) < 4.78 is 11.0. The number of thiazole rings is 1. The van der Waals surface area contributed by atoms with Crippen LogP contribution < -0.4 is 9.47 Å². The van der Waals surface area contributed by atoms with Gasteiger partial charge in [0.25, 0.3) is 5.91 Å². The number of ether oxygens (including phenoxy) is 2. The zero-order chi connectivity index (χ0) is 24.4. The molecule has 34 heavy (non-hydrogen) atoms. The van der Waals surface area contributed by atoms with Crippen LogP contribution in [0.3, 0.4) is 0 Å². The Hall–Kier alpha value is -3.65. The number of hydrogen-bond acceptors (Lipinski definition) is 7. The number of aliphatic hydroxyl groups is 1. The van der Waals surface area contributed by atoms with Crippen LogP contribution in [0.2, 0.25) is 0 Å². The Morgan fingerprint density at radius 1 is 1.15 bits per heavy atom. The average Bonchev–Trinajstić information content (AvgIpc) is 3.30. The van der Waals surface area contributed by atoms with Gasteiger partial charge in [0, 0.05) is 5.56 Å². The summed E-state index contributed by atoms with van der Waals surface area (Å²) in [5.74, 6) is -0.234. The van der Waals surface area contributed by atoms with Gasteiger partial charge in [-0.2, -0.15) is 0 Å². The molecule has 7 nitrogen and oxygen atoms in total. The molecule has 0 saturated heterocycles. The van der Waals surface area contributed by atoms with Gasteiger partial charge in [0.05, 0.1) is 47.5 Å². The lowest BCUT2D eigenvalue weighted by atomic mass is 9.94. The quantitative estimate of drug-likeness (QED) is 0.461. The third kappa shape index (κ3) is 4.28. The summed E-state index contributed by atoms with van der Waals surface area (Å²) in [6.07, 6.45) is 0. The van der Waals surface area contributed by atoms with Crippen molar-refractivity contribution in [1.29, 1.82) is 0 Å². The number of ketones is 1. The number of amides is 1. The van der Waals surface area contributed by atoms with Gasteiger partial charge in [-0.3, -0.25) is 9.59 Å². The molecule has 0 radical (unpaired) electrons. The number of hydrogen-bond donors (Lipinski definition) is 1. The molecular formula is C26H26N2O5S. The van der Waals surface area contributed by atoms with Gasteiger partial charge < -0.3 is 19.5 Å². The highest BCUT2D eigenvalue weighted by Crippen LogP contribution is 2.42. The minimum Gasteiger partial charge on any atom is -0.503 e. The highest BCUT2D eigenvalue weighted by Gasteiger charge is 2.44. The number of carbonyl (C=O) groups is 2. The Kier molecular flexibility index (Phi) is 6.70. The van der Waals surface area contributed by atoms with Gasteiger partial charge in [0.1, 0.15) is 11.5 Å². The van der Waals surface area contributed by atoms with Crippen molar-refractivity contribution in [3.63, 3.8) is 0 Å². The van der Waals surface area contributed by atoms with E-state index in [1.165, 1.54) is 16.2 Å². The van der Waals surface area contributed by atoms with E-state index in [0.717, 1.165) is 10.6 Å². The van der Waals surface area contributed by atoms with Crippen LogP contribution in [0, 0.1) is 13.8 Å². The monoisotopic (exact) mass is 478 g/mol. The summed E-state index contributed by atoms with van der Waals surface area (Å²) in [5.41, 5.74) is 2.09. The number of aliphatic hydroxyl groups excluding tert-OH is 1. The number of benzene rings is 2. The zero-order valence-electron chi connectivity index (χ0n) is 19.5. The van der Waals surface area contributed by atoms with Crippen molar-refractivity contribution in [1.82, 2.24) is 9.88 Å². The van der Waals surface area contributed by atoms with Crippen LogP contribution in [-0.4, -0.2) is 40.4 Å². The molecule has 4 rings (SSSR count). The molecule has 2 aromatic carbocycles. The fraction of sp³-hybridized carbons (Fsp3) is 0.269. The minimum atomic E-state index is -0.776. The third-order valence-electron chi connectivity index (χ3n) is 5.70. The molecule has 3 aromatic rings. The van der Waals surface area contributed by atoms with Gasteiger partial charge in [-0.1, -0.05) is 30.3 Å². The van der Waals surface area contributed by atoms with Crippen molar-refractivity contribution in [2.75, 3.05) is 13.7 Å². The molecule has 1 aliphatic heterocycles. The molecule has 1 atom stereocenters. The Balaban J connectivity index is 1.81. The molecule has 0 saturated carbocycles. The standard InChI is InChI=1S/C26H26N2O5S/c1-5-33-19-12-10-17(11-13-19)22-21(23(29)25-15(2)27-16(3)34-25)24(30)26(31)28(22)14-18-8-6-7-9-20(18)32-4/h6-13,22,30H,5,14H2,1-4H3. The molecule has 176 valence electrons. The largest absolute Gasteiger partial charge is 0.503 e. The molecule has 0 spiro atoms. The van der Waals surface area contributed by atoms with E-state index in [9.17, 15) is 14.7 Å². The Morgan fingerprint density at radius 2 is 1.85 bits per heavy atom. The van der Waals surface area contributed by atoms with Crippen LogP contribution in [-0.2, 0) is 11.3 Å². The fourth-order valence-corrected chi connectivity index (χ4v) is 5.06. The Labute approximate surface area is 202 Å². The molecule has 1 aromatic heterocycles. The van der Waals surface area contributed by atoms with Gasteiger partial charge >= 0.3 is 0 Å². The molecule has 1 amide bonds. The number of rotatable bonds is 8. The summed E-state index contributed by atoms with van der Waals surface area (Å²) in [5, 5.41) is 11.7. The second kappa shape index (κ2) is 9.69. The summed E-state index contributed by atoms with van der Waals surface area (Å²) in [6, 6.07) is 13.8. The van der Waals surface area contributed by atoms with E-state index in [2.05, 4.69) is 4.98 Å². The molecule has 0 bridgehead atoms. The number of methoxy groups -OCH3 is 1. The fourth-order valence-electron chi connectivity index (χ4n) is 4.19. The first kappa shape index (κ1) is 23.5. The molecule has 1 aliphatic rings. The van der Waals surface area contributed by atoms with Crippen molar-refractivity contribution in [2.24, 2.45) is 0 Å². The first-order chi connectivity index (χ1) is 16.3. The second-order valence-corrected chi connectivity index (χ2v) is 9.09. The van der Waals surface area contributed by atoms with Crippen molar-refractivity contribution in [3.05, 3.63) is 86.6 Å². The van der Waals surface area contributed by atoms with E-state index < -0.39 is 23.5 Å². The van der Waals surface area contributed by atoms with Crippen LogP contribution >= 0.6 is 11.3 Å². The van der Waals surface area contributed by atoms with Gasteiger partial charge in [-0.15, -0.1) is 11.3 Å². The Bertz CT molecular complexity index is 1260. The van der Waals surface area contributed by atoms with Crippen LogP contribution in [0.1, 0.15) is 44.5 Å². The van der Waals surface area contributed by atoms with Crippen molar-refractivity contribution < 1.29 is 24.2 Å². The van der Waals surface area contributed by atoms with Gasteiger partial charge in [-0.05, 0) is 44.5 Å². The van der Waals surface area contributed by atoms with Gasteiger partial charge in [0.15, 0.2) is 5.76 Å². The number of carbonyl (C=O) groups excluding carboxylic acids is 2. The maximum absolute atomic E-state index is 13.6. The van der Waals surface area contributed by atoms with Crippen molar-refractivity contribution in [3.8, 4) is 11.5 Å². The van der Waals surface area contributed by atoms with E-state index in [1.54, 1.807) is 26.2 Å². The molecule has 0 fully saturated rings. The van der Waals surface area contributed by atoms with E-state index in [1.807, 2.05) is 50.2 Å². The lowest BCUT2D eigenvalue weighted by Gasteiger charge is -2.27. The lowest BCUT2D eigenvalue weighted by Crippen LogP contribution is -2.30. The van der Waals surface area contributed by atoms with Crippen molar-refractivity contribution >= 4 is 23.0 Å². The average molecular weight is 479 g/mol. The maximum Gasteiger partial charge on any atom is 0.290 e. The maximum atomic E-state index is 13.6. The van der Waals surface area contributed by atoms with Crippen LogP contribution in [0.4, 0.5) is 0 Å². The van der Waals surface area contributed by atoms with Crippen LogP contribution in [0.25, 0.3) is 0 Å².